The number of nitrogens with zero attached hydrogens (tertiary/aromatic N) is 1. The molecule has 0 radical (unpaired) electrons. The van der Waals surface area contributed by atoms with Crippen molar-refractivity contribution in [3.63, 3.8) is 0 Å². The monoisotopic (exact) mass is 348 g/mol. The largest absolute Gasteiger partial charge is 0.489 e. The molecule has 0 unspecified atom stereocenters. The van der Waals surface area contributed by atoms with Crippen LogP contribution in [0.5, 0.6) is 11.5 Å². The number of hydrogen-bond donors (Lipinski definition) is 1. The number of benzene rings is 2. The summed E-state index contributed by atoms with van der Waals surface area (Å²) in [5.41, 5.74) is 1.91. The smallest absolute Gasteiger partial charge is 0.258 e. The number of carbonyl (C=O) groups is 1. The first-order valence-electron chi connectivity index (χ1n) is 8.36. The minimum atomic E-state index is -0.194. The van der Waals surface area contributed by atoms with E-state index < -0.39 is 0 Å². The maximum atomic E-state index is 11.8. The molecule has 1 aromatic heterocycles. The summed E-state index contributed by atoms with van der Waals surface area (Å²) in [4.78, 5) is 16.0. The molecule has 1 N–H and O–H groups in total. The Labute approximate surface area is 152 Å². The van der Waals surface area contributed by atoms with Crippen LogP contribution in [0.1, 0.15) is 11.3 Å². The third-order valence-electron chi connectivity index (χ3n) is 3.63. The summed E-state index contributed by atoms with van der Waals surface area (Å²) in [5.74, 6) is 1.17. The van der Waals surface area contributed by atoms with Crippen LogP contribution in [-0.4, -0.2) is 17.5 Å². The predicted molar refractivity (Wildman–Crippen MR) is 98.8 cm³/mol. The van der Waals surface area contributed by atoms with E-state index in [1.54, 1.807) is 18.3 Å². The second kappa shape index (κ2) is 9.22. The van der Waals surface area contributed by atoms with E-state index in [-0.39, 0.29) is 12.5 Å². The van der Waals surface area contributed by atoms with Crippen molar-refractivity contribution in [2.75, 3.05) is 6.61 Å². The average molecular weight is 348 g/mol. The summed E-state index contributed by atoms with van der Waals surface area (Å²) in [5, 5.41) is 2.77. The number of carbonyl (C=O) groups excluding carboxylic acids is 1. The Balaban J connectivity index is 1.40. The number of nitrogens with one attached hydrogen (secondary N) is 1. The fraction of sp³-hybridized carbons (Fsp3) is 0.143. The first-order chi connectivity index (χ1) is 12.8. The molecule has 0 fully saturated rings. The van der Waals surface area contributed by atoms with Gasteiger partial charge in [-0.05, 0) is 42.0 Å². The highest BCUT2D eigenvalue weighted by Crippen LogP contribution is 2.18. The highest BCUT2D eigenvalue weighted by Gasteiger charge is 2.04. The summed E-state index contributed by atoms with van der Waals surface area (Å²) in [6.07, 6.45) is 1.69. The molecule has 3 aromatic rings. The van der Waals surface area contributed by atoms with Gasteiger partial charge in [-0.25, -0.2) is 0 Å². The summed E-state index contributed by atoms with van der Waals surface area (Å²) < 4.78 is 11.2. The molecule has 0 spiro atoms. The van der Waals surface area contributed by atoms with Gasteiger partial charge in [0.15, 0.2) is 6.61 Å². The van der Waals surface area contributed by atoms with Gasteiger partial charge in [0.05, 0.1) is 12.2 Å². The van der Waals surface area contributed by atoms with Gasteiger partial charge in [-0.1, -0.05) is 36.4 Å². The molecular weight excluding hydrogens is 328 g/mol. The Morgan fingerprint density at radius 2 is 1.54 bits per heavy atom. The molecule has 5 heteroatoms. The molecule has 5 nitrogen and oxygen atoms in total. The summed E-state index contributed by atoms with van der Waals surface area (Å²) in [6, 6.07) is 22.8. The highest BCUT2D eigenvalue weighted by atomic mass is 16.5. The Kier molecular flexibility index (Phi) is 6.20. The van der Waals surface area contributed by atoms with E-state index in [1.807, 2.05) is 60.7 Å². The molecule has 0 saturated carbocycles. The maximum absolute atomic E-state index is 11.8. The molecule has 0 aliphatic rings. The van der Waals surface area contributed by atoms with Gasteiger partial charge in [0, 0.05) is 6.20 Å². The van der Waals surface area contributed by atoms with Crippen LogP contribution in [0.15, 0.2) is 79.0 Å². The Morgan fingerprint density at radius 3 is 2.23 bits per heavy atom. The lowest BCUT2D eigenvalue weighted by Crippen LogP contribution is -2.28. The van der Waals surface area contributed by atoms with Gasteiger partial charge in [-0.2, -0.15) is 0 Å². The van der Waals surface area contributed by atoms with Crippen LogP contribution in [0.4, 0.5) is 0 Å². The van der Waals surface area contributed by atoms with Crippen LogP contribution in [0.3, 0.4) is 0 Å². The topological polar surface area (TPSA) is 60.5 Å². The van der Waals surface area contributed by atoms with Gasteiger partial charge in [-0.3, -0.25) is 9.78 Å². The fourth-order valence-corrected chi connectivity index (χ4v) is 2.26. The van der Waals surface area contributed by atoms with E-state index >= 15 is 0 Å². The number of hydrogen-bond acceptors (Lipinski definition) is 4. The Hall–Kier alpha value is -3.34. The van der Waals surface area contributed by atoms with Crippen LogP contribution in [0.25, 0.3) is 0 Å². The fourth-order valence-electron chi connectivity index (χ4n) is 2.26. The van der Waals surface area contributed by atoms with Crippen LogP contribution in [0, 0.1) is 0 Å². The second-order valence-corrected chi connectivity index (χ2v) is 5.63. The van der Waals surface area contributed by atoms with E-state index in [0.717, 1.165) is 17.0 Å². The standard InChI is InChI=1S/C21H20N2O3/c24-21(23-14-18-8-4-5-13-22-18)16-26-20-11-9-19(10-12-20)25-15-17-6-2-1-3-7-17/h1-13H,14-16H2,(H,23,24). The van der Waals surface area contributed by atoms with E-state index in [0.29, 0.717) is 18.9 Å². The lowest BCUT2D eigenvalue weighted by atomic mass is 10.2. The van der Waals surface area contributed by atoms with Gasteiger partial charge >= 0.3 is 0 Å². The SMILES string of the molecule is O=C(COc1ccc(OCc2ccccc2)cc1)NCc1ccccn1. The molecule has 132 valence electrons. The van der Waals surface area contributed by atoms with Gasteiger partial charge in [0.1, 0.15) is 18.1 Å². The van der Waals surface area contributed by atoms with Crippen LogP contribution in [0.2, 0.25) is 0 Å². The molecule has 0 saturated heterocycles. The molecule has 3 rings (SSSR count). The van der Waals surface area contributed by atoms with Crippen molar-refractivity contribution in [3.8, 4) is 11.5 Å². The van der Waals surface area contributed by atoms with Crippen molar-refractivity contribution >= 4 is 5.91 Å². The second-order valence-electron chi connectivity index (χ2n) is 5.63. The number of pyridine rings is 1. The number of ether oxygens (including phenoxy) is 2. The minimum Gasteiger partial charge on any atom is -0.489 e. The average Bonchev–Trinajstić information content (AvgIpc) is 2.71. The first kappa shape index (κ1) is 17.5. The van der Waals surface area contributed by atoms with Gasteiger partial charge in [-0.15, -0.1) is 0 Å². The molecule has 1 heterocycles. The zero-order valence-electron chi connectivity index (χ0n) is 14.3. The van der Waals surface area contributed by atoms with E-state index in [2.05, 4.69) is 10.3 Å². The van der Waals surface area contributed by atoms with Gasteiger partial charge < -0.3 is 14.8 Å². The lowest BCUT2D eigenvalue weighted by molar-refractivity contribution is -0.123. The normalized spacial score (nSPS) is 10.2. The zero-order valence-corrected chi connectivity index (χ0v) is 14.3. The molecule has 0 aliphatic heterocycles. The summed E-state index contributed by atoms with van der Waals surface area (Å²) in [6.45, 7) is 0.851. The maximum Gasteiger partial charge on any atom is 0.258 e. The van der Waals surface area contributed by atoms with E-state index in [4.69, 9.17) is 9.47 Å². The minimum absolute atomic E-state index is 0.0446. The molecule has 1 amide bonds. The van der Waals surface area contributed by atoms with E-state index in [1.165, 1.54) is 0 Å². The first-order valence-corrected chi connectivity index (χ1v) is 8.36. The van der Waals surface area contributed by atoms with Crippen molar-refractivity contribution in [3.05, 3.63) is 90.3 Å². The third-order valence-corrected chi connectivity index (χ3v) is 3.63. The third kappa shape index (κ3) is 5.63. The predicted octanol–water partition coefficient (Wildman–Crippen LogP) is 3.36. The molecule has 0 atom stereocenters. The van der Waals surface area contributed by atoms with Crippen LogP contribution in [-0.2, 0) is 17.9 Å². The molecule has 0 aliphatic carbocycles. The molecule has 0 bridgehead atoms. The van der Waals surface area contributed by atoms with Crippen molar-refractivity contribution in [2.45, 2.75) is 13.2 Å². The number of rotatable bonds is 8. The van der Waals surface area contributed by atoms with Gasteiger partial charge in [0.2, 0.25) is 0 Å². The summed E-state index contributed by atoms with van der Waals surface area (Å²) in [7, 11) is 0. The molecule has 2 aromatic carbocycles. The van der Waals surface area contributed by atoms with Crippen molar-refractivity contribution in [1.82, 2.24) is 10.3 Å². The van der Waals surface area contributed by atoms with Crippen molar-refractivity contribution < 1.29 is 14.3 Å². The lowest BCUT2D eigenvalue weighted by Gasteiger charge is -2.09. The van der Waals surface area contributed by atoms with Crippen LogP contribution < -0.4 is 14.8 Å². The Morgan fingerprint density at radius 1 is 0.846 bits per heavy atom. The highest BCUT2D eigenvalue weighted by molar-refractivity contribution is 5.77. The van der Waals surface area contributed by atoms with Crippen molar-refractivity contribution in [2.24, 2.45) is 0 Å². The number of aromatic nitrogens is 1. The number of amides is 1. The summed E-state index contributed by atoms with van der Waals surface area (Å²) >= 11 is 0. The molecule has 26 heavy (non-hydrogen) atoms. The van der Waals surface area contributed by atoms with Gasteiger partial charge in [0.25, 0.3) is 5.91 Å². The van der Waals surface area contributed by atoms with Crippen LogP contribution >= 0.6 is 0 Å². The quantitative estimate of drug-likeness (QED) is 0.678. The Bertz CT molecular complexity index is 806. The van der Waals surface area contributed by atoms with E-state index in [9.17, 15) is 4.79 Å². The molecular formula is C21H20N2O3. The zero-order chi connectivity index (χ0) is 18.0. The van der Waals surface area contributed by atoms with Crippen molar-refractivity contribution in [1.29, 1.82) is 0 Å².